The molecule has 0 spiro atoms. The number of nitrogens with one attached hydrogen (secondary N) is 1. The average molecular weight is 399 g/mol. The summed E-state index contributed by atoms with van der Waals surface area (Å²) in [5.74, 6) is 1.30. The van der Waals surface area contributed by atoms with Crippen LogP contribution in [0.15, 0.2) is 30.3 Å². The summed E-state index contributed by atoms with van der Waals surface area (Å²) in [4.78, 5) is 13.7. The molecule has 4 heteroatoms. The Kier molecular flexibility index (Phi) is 4.77. The molecular formula is C25H35FN2O. The molecule has 1 aromatic rings. The van der Waals surface area contributed by atoms with E-state index >= 15 is 0 Å². The molecule has 6 rings (SSSR count). The van der Waals surface area contributed by atoms with E-state index in [-0.39, 0.29) is 34.9 Å². The third-order valence-corrected chi connectivity index (χ3v) is 8.85. The molecule has 0 aromatic heterocycles. The van der Waals surface area contributed by atoms with Crippen molar-refractivity contribution < 1.29 is 9.18 Å². The lowest BCUT2D eigenvalue weighted by molar-refractivity contribution is -0.166. The molecule has 4 bridgehead atoms. The van der Waals surface area contributed by atoms with Crippen LogP contribution < -0.4 is 11.1 Å². The molecule has 0 heterocycles. The molecule has 4 atom stereocenters. The highest BCUT2D eigenvalue weighted by Crippen LogP contribution is 2.70. The lowest BCUT2D eigenvalue weighted by atomic mass is 9.38. The van der Waals surface area contributed by atoms with Crippen LogP contribution in [0.25, 0.3) is 0 Å². The minimum atomic E-state index is -0.383. The fraction of sp³-hybridized carbons (Fsp3) is 0.720. The van der Waals surface area contributed by atoms with E-state index in [1.807, 2.05) is 0 Å². The lowest BCUT2D eigenvalue weighted by Crippen LogP contribution is -2.64. The van der Waals surface area contributed by atoms with Crippen LogP contribution in [0.1, 0.15) is 69.8 Å². The molecule has 5 fully saturated rings. The van der Waals surface area contributed by atoms with Gasteiger partial charge in [-0.05, 0) is 93.6 Å². The van der Waals surface area contributed by atoms with Crippen molar-refractivity contribution in [2.45, 2.75) is 75.7 Å². The number of benzene rings is 1. The van der Waals surface area contributed by atoms with Crippen LogP contribution in [0.2, 0.25) is 0 Å². The van der Waals surface area contributed by atoms with Crippen molar-refractivity contribution in [3.8, 4) is 0 Å². The van der Waals surface area contributed by atoms with Gasteiger partial charge in [-0.3, -0.25) is 9.18 Å². The maximum atomic E-state index is 14.5. The first-order valence-corrected chi connectivity index (χ1v) is 11.6. The van der Waals surface area contributed by atoms with E-state index in [0.717, 1.165) is 70.8 Å². The van der Waals surface area contributed by atoms with E-state index < -0.39 is 0 Å². The standard InChI is InChI=1S/C25H35FN2O/c26-17-23-10-19-11-24(14-23,20-4-2-1-3-5-20)16-25(12-19,15-23)22(29)28-21-8-6-18(13-27)7-9-21/h1-5,18-19,21H,6-17,27H2,(H,28,29)/t18-,19?,21+,23-,24+,25?/m0/s1. The third kappa shape index (κ3) is 3.22. The summed E-state index contributed by atoms with van der Waals surface area (Å²) < 4.78 is 14.5. The van der Waals surface area contributed by atoms with Crippen molar-refractivity contribution >= 4 is 5.91 Å². The van der Waals surface area contributed by atoms with Gasteiger partial charge in [-0.25, -0.2) is 0 Å². The van der Waals surface area contributed by atoms with E-state index in [2.05, 4.69) is 35.6 Å². The number of halogens is 1. The Labute approximate surface area is 174 Å². The van der Waals surface area contributed by atoms with Crippen LogP contribution >= 0.6 is 0 Å². The average Bonchev–Trinajstić information content (AvgIpc) is 2.74. The van der Waals surface area contributed by atoms with Gasteiger partial charge in [-0.2, -0.15) is 0 Å². The van der Waals surface area contributed by atoms with Crippen LogP contribution in [0, 0.1) is 22.7 Å². The van der Waals surface area contributed by atoms with Crippen LogP contribution in [-0.4, -0.2) is 25.2 Å². The van der Waals surface area contributed by atoms with Crippen LogP contribution in [0.3, 0.4) is 0 Å². The van der Waals surface area contributed by atoms with Gasteiger partial charge in [-0.15, -0.1) is 0 Å². The number of carbonyl (C=O) groups is 1. The number of nitrogens with two attached hydrogens (primary N) is 1. The van der Waals surface area contributed by atoms with Gasteiger partial charge in [0.1, 0.15) is 0 Å². The molecule has 5 aliphatic rings. The number of hydrogen-bond donors (Lipinski definition) is 2. The van der Waals surface area contributed by atoms with E-state index in [9.17, 15) is 9.18 Å². The summed E-state index contributed by atoms with van der Waals surface area (Å²) in [7, 11) is 0. The summed E-state index contributed by atoms with van der Waals surface area (Å²) in [5.41, 5.74) is 6.44. The van der Waals surface area contributed by atoms with Crippen molar-refractivity contribution in [3.05, 3.63) is 35.9 Å². The highest BCUT2D eigenvalue weighted by atomic mass is 19.1. The minimum Gasteiger partial charge on any atom is -0.353 e. The first-order chi connectivity index (χ1) is 14.0. The first-order valence-electron chi connectivity index (χ1n) is 11.6. The summed E-state index contributed by atoms with van der Waals surface area (Å²) in [6.07, 6.45) is 9.87. The Morgan fingerprint density at radius 3 is 2.48 bits per heavy atom. The maximum Gasteiger partial charge on any atom is 0.226 e. The Hall–Kier alpha value is -1.42. The van der Waals surface area contributed by atoms with Gasteiger partial charge in [-0.1, -0.05) is 30.3 Å². The molecule has 3 N–H and O–H groups in total. The molecule has 2 unspecified atom stereocenters. The summed E-state index contributed by atoms with van der Waals surface area (Å²) >= 11 is 0. The van der Waals surface area contributed by atoms with Crippen molar-refractivity contribution in [2.75, 3.05) is 13.2 Å². The Morgan fingerprint density at radius 2 is 1.79 bits per heavy atom. The van der Waals surface area contributed by atoms with Gasteiger partial charge in [0.2, 0.25) is 5.91 Å². The Morgan fingerprint density at radius 1 is 1.03 bits per heavy atom. The van der Waals surface area contributed by atoms with Crippen LogP contribution in [0.5, 0.6) is 0 Å². The molecular weight excluding hydrogens is 363 g/mol. The predicted molar refractivity (Wildman–Crippen MR) is 113 cm³/mol. The van der Waals surface area contributed by atoms with Crippen molar-refractivity contribution in [1.82, 2.24) is 5.32 Å². The molecule has 1 amide bonds. The topological polar surface area (TPSA) is 55.1 Å². The lowest BCUT2D eigenvalue weighted by Gasteiger charge is -2.65. The van der Waals surface area contributed by atoms with E-state index in [0.29, 0.717) is 11.8 Å². The number of rotatable bonds is 5. The monoisotopic (exact) mass is 398 g/mol. The largest absolute Gasteiger partial charge is 0.353 e. The van der Waals surface area contributed by atoms with Crippen molar-refractivity contribution in [3.63, 3.8) is 0 Å². The molecule has 5 saturated carbocycles. The molecule has 29 heavy (non-hydrogen) atoms. The van der Waals surface area contributed by atoms with E-state index in [4.69, 9.17) is 5.73 Å². The number of amides is 1. The quantitative estimate of drug-likeness (QED) is 0.767. The number of carbonyl (C=O) groups excluding carboxylic acids is 1. The van der Waals surface area contributed by atoms with Gasteiger partial charge in [0.25, 0.3) is 0 Å². The second-order valence-electron chi connectivity index (χ2n) is 11.0. The second-order valence-corrected chi connectivity index (χ2v) is 11.0. The second kappa shape index (κ2) is 7.08. The fourth-order valence-electron chi connectivity index (χ4n) is 8.03. The third-order valence-electron chi connectivity index (χ3n) is 8.85. The van der Waals surface area contributed by atoms with Gasteiger partial charge in [0, 0.05) is 11.5 Å². The zero-order chi connectivity index (χ0) is 20.1. The fourth-order valence-corrected chi connectivity index (χ4v) is 8.03. The van der Waals surface area contributed by atoms with Crippen LogP contribution in [0.4, 0.5) is 4.39 Å². The summed E-state index contributed by atoms with van der Waals surface area (Å²) in [5, 5.41) is 3.43. The van der Waals surface area contributed by atoms with Gasteiger partial charge in [0.15, 0.2) is 0 Å². The highest BCUT2D eigenvalue weighted by molar-refractivity contribution is 5.84. The molecule has 5 aliphatic carbocycles. The molecule has 0 aliphatic heterocycles. The van der Waals surface area contributed by atoms with E-state index in [1.54, 1.807) is 0 Å². The number of alkyl halides is 1. The van der Waals surface area contributed by atoms with Crippen LogP contribution in [-0.2, 0) is 10.2 Å². The SMILES string of the molecule is NC[C@H]1CC[C@@H](NC(=O)C23CC4C[C@@](CF)(C2)C[C@](c2ccccc2)(C4)C3)CC1. The zero-order valence-corrected chi connectivity index (χ0v) is 17.5. The van der Waals surface area contributed by atoms with Crippen molar-refractivity contribution in [1.29, 1.82) is 0 Å². The number of hydrogen-bond acceptors (Lipinski definition) is 2. The zero-order valence-electron chi connectivity index (χ0n) is 17.5. The van der Waals surface area contributed by atoms with Gasteiger partial charge >= 0.3 is 0 Å². The molecule has 1 aromatic carbocycles. The molecule has 158 valence electrons. The Balaban J connectivity index is 1.41. The smallest absolute Gasteiger partial charge is 0.226 e. The molecule has 0 saturated heterocycles. The summed E-state index contributed by atoms with van der Waals surface area (Å²) in [6, 6.07) is 10.9. The molecule has 3 nitrogen and oxygen atoms in total. The van der Waals surface area contributed by atoms with Gasteiger partial charge < -0.3 is 11.1 Å². The normalized spacial score (nSPS) is 43.3. The van der Waals surface area contributed by atoms with E-state index in [1.165, 1.54) is 5.56 Å². The Bertz CT molecular complexity index is 761. The predicted octanol–water partition coefficient (Wildman–Crippen LogP) is 4.50. The maximum absolute atomic E-state index is 14.5. The minimum absolute atomic E-state index is 0.0265. The highest BCUT2D eigenvalue weighted by Gasteiger charge is 2.66. The summed E-state index contributed by atoms with van der Waals surface area (Å²) in [6.45, 7) is 0.472. The van der Waals surface area contributed by atoms with Gasteiger partial charge in [0.05, 0.1) is 12.1 Å². The van der Waals surface area contributed by atoms with Crippen molar-refractivity contribution in [2.24, 2.45) is 28.4 Å². The molecule has 0 radical (unpaired) electrons. The first kappa shape index (κ1) is 19.5.